The molecule has 1 aliphatic carbocycles. The molecule has 0 saturated heterocycles. The van der Waals surface area contributed by atoms with Crippen molar-refractivity contribution in [3.63, 3.8) is 0 Å². The van der Waals surface area contributed by atoms with Gasteiger partial charge in [-0.2, -0.15) is 5.10 Å². The molecular weight excluding hydrogens is 328 g/mol. The van der Waals surface area contributed by atoms with Gasteiger partial charge >= 0.3 is 0 Å². The average Bonchev–Trinajstić information content (AvgIpc) is 3.01. The Bertz CT molecular complexity index is 1000. The summed E-state index contributed by atoms with van der Waals surface area (Å²) >= 11 is 0. The summed E-state index contributed by atoms with van der Waals surface area (Å²) in [6.45, 7) is 2.67. The molecule has 0 fully saturated rings. The van der Waals surface area contributed by atoms with Crippen molar-refractivity contribution in [1.82, 2.24) is 19.5 Å². The molecule has 0 radical (unpaired) electrons. The van der Waals surface area contributed by atoms with Crippen molar-refractivity contribution in [2.45, 2.75) is 39.3 Å². The number of carbonyl (C=O) groups excluding carboxylic acids is 1. The highest BCUT2D eigenvalue weighted by molar-refractivity contribution is 5.75. The maximum atomic E-state index is 12.9. The summed E-state index contributed by atoms with van der Waals surface area (Å²) in [6.07, 6.45) is 6.30. The van der Waals surface area contributed by atoms with E-state index in [0.717, 1.165) is 36.1 Å². The van der Waals surface area contributed by atoms with E-state index >= 15 is 0 Å². The molecule has 3 aromatic rings. The molecular formula is C20H22N4O2. The maximum Gasteiger partial charge on any atom is 0.277 e. The number of rotatable bonds is 4. The number of aromatic nitrogens is 3. The molecule has 1 unspecified atom stereocenters. The van der Waals surface area contributed by atoms with Crippen LogP contribution in [0.25, 0.3) is 5.52 Å². The molecule has 26 heavy (non-hydrogen) atoms. The Morgan fingerprint density at radius 1 is 1.27 bits per heavy atom. The highest BCUT2D eigenvalue weighted by Crippen LogP contribution is 2.26. The Balaban J connectivity index is 1.55. The first-order valence-electron chi connectivity index (χ1n) is 9.02. The number of nitrogens with zero attached hydrogens (tertiary/aromatic N) is 3. The van der Waals surface area contributed by atoms with Crippen molar-refractivity contribution in [2.24, 2.45) is 5.92 Å². The Hall–Kier alpha value is -2.89. The lowest BCUT2D eigenvalue weighted by Gasteiger charge is -2.16. The molecule has 2 aromatic heterocycles. The predicted molar refractivity (Wildman–Crippen MR) is 98.9 cm³/mol. The van der Waals surface area contributed by atoms with Crippen molar-refractivity contribution >= 4 is 11.4 Å². The minimum atomic E-state index is -0.179. The second-order valence-electron chi connectivity index (χ2n) is 7.06. The molecule has 2 heterocycles. The third kappa shape index (κ3) is 3.14. The second-order valence-corrected chi connectivity index (χ2v) is 7.06. The summed E-state index contributed by atoms with van der Waals surface area (Å²) in [6, 6.07) is 9.72. The summed E-state index contributed by atoms with van der Waals surface area (Å²) < 4.78 is 3.14. The van der Waals surface area contributed by atoms with E-state index in [2.05, 4.69) is 17.3 Å². The van der Waals surface area contributed by atoms with Crippen molar-refractivity contribution in [1.29, 1.82) is 0 Å². The van der Waals surface area contributed by atoms with Crippen LogP contribution in [0.1, 0.15) is 30.2 Å². The van der Waals surface area contributed by atoms with Gasteiger partial charge in [0, 0.05) is 24.5 Å². The highest BCUT2D eigenvalue weighted by atomic mass is 16.2. The topological polar surface area (TPSA) is 68.4 Å². The first-order valence-corrected chi connectivity index (χ1v) is 9.02. The maximum absolute atomic E-state index is 12.9. The zero-order valence-corrected chi connectivity index (χ0v) is 14.8. The van der Waals surface area contributed by atoms with E-state index in [0.29, 0.717) is 18.0 Å². The largest absolute Gasteiger partial charge is 0.350 e. The Labute approximate surface area is 151 Å². The summed E-state index contributed by atoms with van der Waals surface area (Å²) in [5.41, 5.74) is 3.57. The van der Waals surface area contributed by atoms with Crippen LogP contribution in [0.4, 0.5) is 0 Å². The van der Waals surface area contributed by atoms with Gasteiger partial charge in [0.2, 0.25) is 5.91 Å². The summed E-state index contributed by atoms with van der Waals surface area (Å²) in [4.78, 5) is 25.2. The minimum Gasteiger partial charge on any atom is -0.350 e. The van der Waals surface area contributed by atoms with Crippen LogP contribution in [0, 0.1) is 5.92 Å². The minimum absolute atomic E-state index is 0.0116. The molecule has 4 rings (SSSR count). The monoisotopic (exact) mass is 350 g/mol. The third-order valence-corrected chi connectivity index (χ3v) is 5.02. The van der Waals surface area contributed by atoms with E-state index < -0.39 is 0 Å². The van der Waals surface area contributed by atoms with Crippen LogP contribution in [-0.2, 0) is 30.7 Å². The van der Waals surface area contributed by atoms with Gasteiger partial charge in [0.1, 0.15) is 12.1 Å². The lowest BCUT2D eigenvalue weighted by molar-refractivity contribution is -0.121. The average molecular weight is 350 g/mol. The van der Waals surface area contributed by atoms with E-state index in [9.17, 15) is 9.59 Å². The first-order chi connectivity index (χ1) is 12.6. The third-order valence-electron chi connectivity index (χ3n) is 5.02. The van der Waals surface area contributed by atoms with Gasteiger partial charge in [0.15, 0.2) is 0 Å². The molecule has 0 spiro atoms. The Morgan fingerprint density at radius 3 is 2.88 bits per heavy atom. The molecule has 6 heteroatoms. The van der Waals surface area contributed by atoms with Crippen LogP contribution in [0.5, 0.6) is 0 Å². The smallest absolute Gasteiger partial charge is 0.277 e. The fraction of sp³-hybridized carbons (Fsp3) is 0.350. The number of nitrogens with one attached hydrogen (secondary N) is 1. The van der Waals surface area contributed by atoms with Crippen LogP contribution in [0.2, 0.25) is 0 Å². The first kappa shape index (κ1) is 16.6. The van der Waals surface area contributed by atoms with Crippen LogP contribution < -0.4 is 10.9 Å². The number of amides is 1. The van der Waals surface area contributed by atoms with Gasteiger partial charge < -0.3 is 9.88 Å². The lowest BCUT2D eigenvalue weighted by Crippen LogP contribution is -2.32. The fourth-order valence-corrected chi connectivity index (χ4v) is 3.58. The Morgan fingerprint density at radius 2 is 2.08 bits per heavy atom. The molecule has 1 aromatic carbocycles. The number of aryl methyl sites for hydroxylation is 1. The van der Waals surface area contributed by atoms with Crippen LogP contribution >= 0.6 is 0 Å². The van der Waals surface area contributed by atoms with Gasteiger partial charge in [-0.05, 0) is 30.7 Å². The van der Waals surface area contributed by atoms with Crippen LogP contribution in [0.15, 0.2) is 47.5 Å². The van der Waals surface area contributed by atoms with E-state index in [1.54, 1.807) is 16.9 Å². The van der Waals surface area contributed by atoms with Gasteiger partial charge in [-0.15, -0.1) is 0 Å². The van der Waals surface area contributed by atoms with E-state index in [1.807, 2.05) is 30.3 Å². The lowest BCUT2D eigenvalue weighted by atomic mass is 9.88. The van der Waals surface area contributed by atoms with Gasteiger partial charge in [-0.1, -0.05) is 37.3 Å². The second kappa shape index (κ2) is 6.78. The number of benzene rings is 1. The zero-order chi connectivity index (χ0) is 18.1. The number of carbonyl (C=O) groups is 1. The standard InChI is InChI=1S/C20H22N4O2/c1-14-7-8-17-16(11-14)19-20(26)23(9-10-24(19)22-17)13-18(25)21-12-15-5-3-2-4-6-15/h2-6,9-10,14H,7-8,11-13H2,1H3,(H,21,25). The molecule has 0 saturated carbocycles. The highest BCUT2D eigenvalue weighted by Gasteiger charge is 2.23. The fourth-order valence-electron chi connectivity index (χ4n) is 3.58. The molecule has 1 amide bonds. The number of hydrogen-bond acceptors (Lipinski definition) is 3. The van der Waals surface area contributed by atoms with Crippen molar-refractivity contribution < 1.29 is 4.79 Å². The van der Waals surface area contributed by atoms with Gasteiger partial charge in [-0.25, -0.2) is 4.52 Å². The number of hydrogen-bond donors (Lipinski definition) is 1. The van der Waals surface area contributed by atoms with Crippen molar-refractivity contribution in [2.75, 3.05) is 0 Å². The predicted octanol–water partition coefficient (Wildman–Crippen LogP) is 1.94. The van der Waals surface area contributed by atoms with Crippen molar-refractivity contribution in [3.05, 3.63) is 69.9 Å². The molecule has 1 N–H and O–H groups in total. The summed E-state index contributed by atoms with van der Waals surface area (Å²) in [5, 5.41) is 7.41. The van der Waals surface area contributed by atoms with Crippen LogP contribution in [0.3, 0.4) is 0 Å². The molecule has 134 valence electrons. The van der Waals surface area contributed by atoms with Gasteiger partial charge in [0.05, 0.1) is 5.69 Å². The van der Waals surface area contributed by atoms with Gasteiger partial charge in [0.25, 0.3) is 5.56 Å². The number of fused-ring (bicyclic) bond motifs is 3. The molecule has 6 nitrogen and oxygen atoms in total. The van der Waals surface area contributed by atoms with E-state index in [1.165, 1.54) is 4.57 Å². The SMILES string of the molecule is CC1CCc2nn3ccn(CC(=O)NCc4ccccc4)c(=O)c3c2C1. The molecule has 0 bridgehead atoms. The van der Waals surface area contributed by atoms with Gasteiger partial charge in [-0.3, -0.25) is 9.59 Å². The Kier molecular flexibility index (Phi) is 4.32. The van der Waals surface area contributed by atoms with E-state index in [4.69, 9.17) is 0 Å². The van der Waals surface area contributed by atoms with Crippen LogP contribution in [-0.4, -0.2) is 20.1 Å². The quantitative estimate of drug-likeness (QED) is 0.782. The summed E-state index contributed by atoms with van der Waals surface area (Å²) in [7, 11) is 0. The molecule has 0 aliphatic heterocycles. The molecule has 1 aliphatic rings. The normalized spacial score (nSPS) is 16.4. The zero-order valence-electron chi connectivity index (χ0n) is 14.8. The molecule has 1 atom stereocenters. The van der Waals surface area contributed by atoms with E-state index in [-0.39, 0.29) is 18.0 Å². The van der Waals surface area contributed by atoms with Crippen molar-refractivity contribution in [3.8, 4) is 0 Å². The summed E-state index contributed by atoms with van der Waals surface area (Å²) in [5.74, 6) is 0.375.